The summed E-state index contributed by atoms with van der Waals surface area (Å²) in [5.41, 5.74) is 0. The van der Waals surface area contributed by atoms with Crippen molar-refractivity contribution in [2.75, 3.05) is 19.6 Å². The third-order valence-electron chi connectivity index (χ3n) is 1.73. The van der Waals surface area contributed by atoms with Crippen LogP contribution < -0.4 is 0 Å². The number of carbonyl (C=O) groups is 1. The Morgan fingerprint density at radius 1 is 1.55 bits per heavy atom. The number of rotatable bonds is 2. The Kier molecular flexibility index (Phi) is 2.93. The van der Waals surface area contributed by atoms with E-state index in [0.29, 0.717) is 13.0 Å². The molecule has 11 heavy (non-hydrogen) atoms. The van der Waals surface area contributed by atoms with Gasteiger partial charge in [-0.25, -0.2) is 8.78 Å². The average molecular weight is 163 g/mol. The van der Waals surface area contributed by atoms with E-state index in [2.05, 4.69) is 0 Å². The molecule has 1 aliphatic heterocycles. The number of Topliss-reactive ketones (excluding diaryl/α,β-unsaturated/α-hetero) is 1. The predicted molar refractivity (Wildman–Crippen MR) is 36.7 cm³/mol. The smallest absolute Gasteiger partial charge is 0.251 e. The minimum atomic E-state index is -2.32. The van der Waals surface area contributed by atoms with Crippen molar-refractivity contribution in [2.24, 2.45) is 0 Å². The molecule has 0 N–H and O–H groups in total. The normalized spacial score (nSPS) is 21.2. The van der Waals surface area contributed by atoms with E-state index in [-0.39, 0.29) is 18.9 Å². The summed E-state index contributed by atoms with van der Waals surface area (Å²) in [5, 5.41) is 0. The van der Waals surface area contributed by atoms with Gasteiger partial charge < -0.3 is 0 Å². The summed E-state index contributed by atoms with van der Waals surface area (Å²) in [6.45, 7) is 0.589. The third-order valence-corrected chi connectivity index (χ3v) is 1.73. The van der Waals surface area contributed by atoms with Crippen LogP contribution in [0, 0.1) is 0 Å². The number of alkyl halides is 2. The van der Waals surface area contributed by atoms with Gasteiger partial charge >= 0.3 is 0 Å². The highest BCUT2D eigenvalue weighted by molar-refractivity contribution is 5.81. The zero-order valence-electron chi connectivity index (χ0n) is 6.22. The molecule has 0 saturated carbocycles. The van der Waals surface area contributed by atoms with Crippen LogP contribution in [0.15, 0.2) is 0 Å². The minimum absolute atomic E-state index is 0.0805. The summed E-state index contributed by atoms with van der Waals surface area (Å²) in [5.74, 6) is 0.0805. The van der Waals surface area contributed by atoms with Gasteiger partial charge in [0.05, 0.1) is 13.1 Å². The largest absolute Gasteiger partial charge is 0.298 e. The van der Waals surface area contributed by atoms with E-state index in [1.165, 1.54) is 4.90 Å². The summed E-state index contributed by atoms with van der Waals surface area (Å²) in [4.78, 5) is 12.3. The van der Waals surface area contributed by atoms with Crippen molar-refractivity contribution in [3.63, 3.8) is 0 Å². The van der Waals surface area contributed by atoms with Gasteiger partial charge in [0, 0.05) is 6.42 Å². The zero-order valence-corrected chi connectivity index (χ0v) is 6.22. The second-order valence-corrected chi connectivity index (χ2v) is 2.77. The van der Waals surface area contributed by atoms with Crippen LogP contribution in [-0.2, 0) is 4.79 Å². The first-order chi connectivity index (χ1) is 5.18. The van der Waals surface area contributed by atoms with Crippen molar-refractivity contribution in [1.29, 1.82) is 0 Å². The lowest BCUT2D eigenvalue weighted by atomic mass is 10.1. The lowest BCUT2D eigenvalue weighted by Crippen LogP contribution is -2.38. The van der Waals surface area contributed by atoms with Crippen molar-refractivity contribution in [1.82, 2.24) is 4.90 Å². The Hall–Kier alpha value is -0.510. The van der Waals surface area contributed by atoms with Crippen molar-refractivity contribution in [2.45, 2.75) is 19.3 Å². The fourth-order valence-electron chi connectivity index (χ4n) is 1.26. The molecular formula is C7H11F2NO. The molecule has 0 spiro atoms. The summed E-state index contributed by atoms with van der Waals surface area (Å²) in [6.07, 6.45) is -1.04. The number of carbonyl (C=O) groups excluding carboxylic acids is 1. The maximum Gasteiger partial charge on any atom is 0.251 e. The highest BCUT2D eigenvalue weighted by atomic mass is 19.3. The number of ketones is 1. The summed E-state index contributed by atoms with van der Waals surface area (Å²) in [6, 6.07) is 0. The summed E-state index contributed by atoms with van der Waals surface area (Å²) < 4.78 is 23.6. The van der Waals surface area contributed by atoms with Gasteiger partial charge in [0.15, 0.2) is 0 Å². The topological polar surface area (TPSA) is 20.3 Å². The van der Waals surface area contributed by atoms with Crippen molar-refractivity contribution in [3.05, 3.63) is 0 Å². The van der Waals surface area contributed by atoms with Crippen LogP contribution in [0.3, 0.4) is 0 Å². The molecular weight excluding hydrogens is 152 g/mol. The van der Waals surface area contributed by atoms with Gasteiger partial charge in [0.1, 0.15) is 5.78 Å². The molecule has 2 nitrogen and oxygen atoms in total. The fraction of sp³-hybridized carbons (Fsp3) is 0.857. The molecule has 64 valence electrons. The van der Waals surface area contributed by atoms with Crippen LogP contribution in [0.25, 0.3) is 0 Å². The zero-order chi connectivity index (χ0) is 8.27. The second-order valence-electron chi connectivity index (χ2n) is 2.77. The number of piperidine rings is 1. The first-order valence-electron chi connectivity index (χ1n) is 3.70. The van der Waals surface area contributed by atoms with Crippen molar-refractivity contribution < 1.29 is 13.6 Å². The van der Waals surface area contributed by atoms with Gasteiger partial charge in [-0.1, -0.05) is 0 Å². The molecule has 1 heterocycles. The number of nitrogens with zero attached hydrogens (tertiary/aromatic N) is 1. The van der Waals surface area contributed by atoms with E-state index < -0.39 is 6.43 Å². The number of likely N-dealkylation sites (tertiary alicyclic amines) is 1. The van der Waals surface area contributed by atoms with Crippen LogP contribution in [-0.4, -0.2) is 36.7 Å². The molecule has 1 fully saturated rings. The van der Waals surface area contributed by atoms with Crippen LogP contribution >= 0.6 is 0 Å². The maximum atomic E-state index is 11.8. The Morgan fingerprint density at radius 3 is 2.82 bits per heavy atom. The Morgan fingerprint density at radius 2 is 2.27 bits per heavy atom. The van der Waals surface area contributed by atoms with Gasteiger partial charge in [-0.15, -0.1) is 0 Å². The van der Waals surface area contributed by atoms with E-state index in [9.17, 15) is 13.6 Å². The molecule has 1 rings (SSSR count). The van der Waals surface area contributed by atoms with Crippen LogP contribution in [0.5, 0.6) is 0 Å². The molecule has 0 aromatic rings. The Balaban J connectivity index is 2.28. The third kappa shape index (κ3) is 2.93. The lowest BCUT2D eigenvalue weighted by molar-refractivity contribution is -0.122. The minimum Gasteiger partial charge on any atom is -0.298 e. The SMILES string of the molecule is O=C1CCCN(CC(F)F)C1. The summed E-state index contributed by atoms with van der Waals surface area (Å²) in [7, 11) is 0. The lowest BCUT2D eigenvalue weighted by Gasteiger charge is -2.24. The van der Waals surface area contributed by atoms with E-state index in [1.54, 1.807) is 0 Å². The Labute approximate surface area is 64.2 Å². The predicted octanol–water partition coefficient (Wildman–Crippen LogP) is 0.916. The molecule has 0 radical (unpaired) electrons. The van der Waals surface area contributed by atoms with Gasteiger partial charge in [-0.2, -0.15) is 0 Å². The number of halogens is 2. The molecule has 0 amide bonds. The van der Waals surface area contributed by atoms with Gasteiger partial charge in [0.25, 0.3) is 6.43 Å². The van der Waals surface area contributed by atoms with Crippen molar-refractivity contribution in [3.8, 4) is 0 Å². The van der Waals surface area contributed by atoms with E-state index >= 15 is 0 Å². The van der Waals surface area contributed by atoms with E-state index in [4.69, 9.17) is 0 Å². The van der Waals surface area contributed by atoms with Crippen molar-refractivity contribution >= 4 is 5.78 Å². The molecule has 0 aromatic heterocycles. The Bertz CT molecular complexity index is 149. The molecule has 0 unspecified atom stereocenters. The average Bonchev–Trinajstić information content (AvgIpc) is 1.85. The standard InChI is InChI=1S/C7H11F2NO/c8-7(9)5-10-3-1-2-6(11)4-10/h7H,1-5H2. The molecule has 0 aliphatic carbocycles. The second kappa shape index (κ2) is 3.76. The van der Waals surface area contributed by atoms with Crippen LogP contribution in [0.1, 0.15) is 12.8 Å². The molecule has 4 heteroatoms. The maximum absolute atomic E-state index is 11.8. The molecule has 1 aliphatic rings. The fourth-order valence-corrected chi connectivity index (χ4v) is 1.26. The number of hydrogen-bond acceptors (Lipinski definition) is 2. The van der Waals surface area contributed by atoms with E-state index in [1.807, 2.05) is 0 Å². The first kappa shape index (κ1) is 8.59. The molecule has 0 atom stereocenters. The van der Waals surface area contributed by atoms with Gasteiger partial charge in [-0.05, 0) is 13.0 Å². The molecule has 0 aromatic carbocycles. The molecule has 0 bridgehead atoms. The quantitative estimate of drug-likeness (QED) is 0.603. The van der Waals surface area contributed by atoms with E-state index in [0.717, 1.165) is 6.42 Å². The van der Waals surface area contributed by atoms with Crippen LogP contribution in [0.4, 0.5) is 8.78 Å². The monoisotopic (exact) mass is 163 g/mol. The molecule has 1 saturated heterocycles. The highest BCUT2D eigenvalue weighted by Gasteiger charge is 2.19. The summed E-state index contributed by atoms with van der Waals surface area (Å²) >= 11 is 0. The van der Waals surface area contributed by atoms with Gasteiger partial charge in [0.2, 0.25) is 0 Å². The first-order valence-corrected chi connectivity index (χ1v) is 3.70. The van der Waals surface area contributed by atoms with Crippen LogP contribution in [0.2, 0.25) is 0 Å². The highest BCUT2D eigenvalue weighted by Crippen LogP contribution is 2.07. The van der Waals surface area contributed by atoms with Gasteiger partial charge in [-0.3, -0.25) is 9.69 Å². The number of hydrogen-bond donors (Lipinski definition) is 0.